The van der Waals surface area contributed by atoms with Gasteiger partial charge in [-0.25, -0.2) is 4.39 Å². The molecule has 1 aliphatic rings. The van der Waals surface area contributed by atoms with Crippen molar-refractivity contribution in [2.45, 2.75) is 13.2 Å². The normalized spacial score (nSPS) is 14.5. The molecule has 0 unspecified atom stereocenters. The summed E-state index contributed by atoms with van der Waals surface area (Å²) in [6.45, 7) is 4.03. The van der Waals surface area contributed by atoms with E-state index in [1.807, 2.05) is 59.5 Å². The predicted octanol–water partition coefficient (Wildman–Crippen LogP) is 5.13. The molecule has 0 bridgehead atoms. The highest BCUT2D eigenvalue weighted by Crippen LogP contribution is 2.24. The summed E-state index contributed by atoms with van der Waals surface area (Å²) in [6.07, 6.45) is 0. The SMILES string of the molecule is O=C(c1ccc(COc2ccccc2Br)cc1)N1CCN(Cc2cccc(F)c2)CC1. The number of para-hydroxylation sites is 1. The molecular weight excluding hydrogens is 459 g/mol. The molecular formula is C25H24BrFN2O2. The summed E-state index contributed by atoms with van der Waals surface area (Å²) in [5.41, 5.74) is 2.65. The molecule has 4 nitrogen and oxygen atoms in total. The fraction of sp³-hybridized carbons (Fsp3) is 0.240. The number of piperazine rings is 1. The van der Waals surface area contributed by atoms with Gasteiger partial charge in [-0.05, 0) is 63.5 Å². The molecule has 160 valence electrons. The molecule has 3 aromatic rings. The van der Waals surface area contributed by atoms with E-state index in [1.165, 1.54) is 6.07 Å². The molecule has 3 aromatic carbocycles. The first kappa shape index (κ1) is 21.5. The Bertz CT molecular complexity index is 1030. The maximum absolute atomic E-state index is 13.4. The Labute approximate surface area is 190 Å². The van der Waals surface area contributed by atoms with Crippen molar-refractivity contribution in [3.05, 3.63) is 99.8 Å². The number of halogens is 2. The number of nitrogens with zero attached hydrogens (tertiary/aromatic N) is 2. The molecule has 4 rings (SSSR count). The Kier molecular flexibility index (Phi) is 6.99. The summed E-state index contributed by atoms with van der Waals surface area (Å²) in [6, 6.07) is 22.0. The Balaban J connectivity index is 1.28. The van der Waals surface area contributed by atoms with Crippen molar-refractivity contribution in [3.8, 4) is 5.75 Å². The third-order valence-electron chi connectivity index (χ3n) is 5.39. The summed E-state index contributed by atoms with van der Waals surface area (Å²) in [5.74, 6) is 0.624. The molecule has 1 amide bonds. The molecule has 0 aromatic heterocycles. The van der Waals surface area contributed by atoms with Gasteiger partial charge in [-0.15, -0.1) is 0 Å². The maximum Gasteiger partial charge on any atom is 0.253 e. The van der Waals surface area contributed by atoms with Gasteiger partial charge in [0.1, 0.15) is 18.2 Å². The first-order valence-electron chi connectivity index (χ1n) is 10.3. The van der Waals surface area contributed by atoms with Gasteiger partial charge in [0.05, 0.1) is 4.47 Å². The van der Waals surface area contributed by atoms with Gasteiger partial charge in [-0.2, -0.15) is 0 Å². The fourth-order valence-electron chi connectivity index (χ4n) is 3.65. The highest BCUT2D eigenvalue weighted by atomic mass is 79.9. The number of benzene rings is 3. The summed E-state index contributed by atoms with van der Waals surface area (Å²) < 4.78 is 20.1. The van der Waals surface area contributed by atoms with E-state index >= 15 is 0 Å². The Morgan fingerprint density at radius 2 is 1.65 bits per heavy atom. The zero-order valence-electron chi connectivity index (χ0n) is 17.1. The lowest BCUT2D eigenvalue weighted by Crippen LogP contribution is -2.48. The van der Waals surface area contributed by atoms with Crippen LogP contribution in [0.15, 0.2) is 77.3 Å². The Morgan fingerprint density at radius 3 is 2.35 bits per heavy atom. The van der Waals surface area contributed by atoms with Gasteiger partial charge in [0.15, 0.2) is 0 Å². The molecule has 0 N–H and O–H groups in total. The summed E-state index contributed by atoms with van der Waals surface area (Å²) in [4.78, 5) is 17.0. The molecule has 0 aliphatic carbocycles. The van der Waals surface area contributed by atoms with E-state index in [2.05, 4.69) is 20.8 Å². The molecule has 31 heavy (non-hydrogen) atoms. The largest absolute Gasteiger partial charge is 0.488 e. The van der Waals surface area contributed by atoms with Crippen LogP contribution in [0, 0.1) is 5.82 Å². The van der Waals surface area contributed by atoms with Crippen LogP contribution < -0.4 is 4.74 Å². The van der Waals surface area contributed by atoms with Crippen LogP contribution in [-0.2, 0) is 13.2 Å². The summed E-state index contributed by atoms with van der Waals surface area (Å²) >= 11 is 3.47. The minimum atomic E-state index is -0.212. The van der Waals surface area contributed by atoms with Gasteiger partial charge in [0, 0.05) is 38.3 Å². The second-order valence-corrected chi connectivity index (χ2v) is 8.47. The lowest BCUT2D eigenvalue weighted by atomic mass is 10.1. The first-order chi connectivity index (χ1) is 15.1. The van der Waals surface area contributed by atoms with Gasteiger partial charge >= 0.3 is 0 Å². The van der Waals surface area contributed by atoms with E-state index in [-0.39, 0.29) is 11.7 Å². The van der Waals surface area contributed by atoms with Crippen LogP contribution in [0.25, 0.3) is 0 Å². The van der Waals surface area contributed by atoms with Crippen molar-refractivity contribution >= 4 is 21.8 Å². The number of carbonyl (C=O) groups is 1. The van der Waals surface area contributed by atoms with Gasteiger partial charge in [0.2, 0.25) is 0 Å². The molecule has 1 heterocycles. The predicted molar refractivity (Wildman–Crippen MR) is 122 cm³/mol. The lowest BCUT2D eigenvalue weighted by Gasteiger charge is -2.34. The van der Waals surface area contributed by atoms with Crippen LogP contribution in [0.1, 0.15) is 21.5 Å². The topological polar surface area (TPSA) is 32.8 Å². The van der Waals surface area contributed by atoms with E-state index < -0.39 is 0 Å². The van der Waals surface area contributed by atoms with E-state index in [1.54, 1.807) is 12.1 Å². The molecule has 1 aliphatic heterocycles. The minimum absolute atomic E-state index is 0.0451. The lowest BCUT2D eigenvalue weighted by molar-refractivity contribution is 0.0628. The number of carbonyl (C=O) groups excluding carboxylic acids is 1. The molecule has 0 atom stereocenters. The van der Waals surface area contributed by atoms with Crippen molar-refractivity contribution in [1.82, 2.24) is 9.80 Å². The first-order valence-corrected chi connectivity index (χ1v) is 11.1. The highest BCUT2D eigenvalue weighted by Gasteiger charge is 2.22. The third-order valence-corrected chi connectivity index (χ3v) is 6.04. The van der Waals surface area contributed by atoms with Gasteiger partial charge in [0.25, 0.3) is 5.91 Å². The van der Waals surface area contributed by atoms with Crippen LogP contribution in [0.4, 0.5) is 4.39 Å². The van der Waals surface area contributed by atoms with Crippen LogP contribution in [-0.4, -0.2) is 41.9 Å². The molecule has 6 heteroatoms. The van der Waals surface area contributed by atoms with Crippen molar-refractivity contribution in [2.24, 2.45) is 0 Å². The third kappa shape index (κ3) is 5.71. The van der Waals surface area contributed by atoms with Gasteiger partial charge < -0.3 is 9.64 Å². The Hall–Kier alpha value is -2.70. The fourth-order valence-corrected chi connectivity index (χ4v) is 4.05. The summed E-state index contributed by atoms with van der Waals surface area (Å²) in [7, 11) is 0. The monoisotopic (exact) mass is 482 g/mol. The van der Waals surface area contributed by atoms with E-state index in [0.717, 1.165) is 34.4 Å². The summed E-state index contributed by atoms with van der Waals surface area (Å²) in [5, 5.41) is 0. The van der Waals surface area contributed by atoms with E-state index in [9.17, 15) is 9.18 Å². The van der Waals surface area contributed by atoms with Crippen LogP contribution >= 0.6 is 15.9 Å². The van der Waals surface area contributed by atoms with Crippen molar-refractivity contribution < 1.29 is 13.9 Å². The minimum Gasteiger partial charge on any atom is -0.488 e. The second-order valence-electron chi connectivity index (χ2n) is 7.61. The highest BCUT2D eigenvalue weighted by molar-refractivity contribution is 9.10. The zero-order valence-corrected chi connectivity index (χ0v) is 18.7. The maximum atomic E-state index is 13.4. The van der Waals surface area contributed by atoms with Gasteiger partial charge in [-0.1, -0.05) is 36.4 Å². The number of hydrogen-bond acceptors (Lipinski definition) is 3. The van der Waals surface area contributed by atoms with Gasteiger partial charge in [-0.3, -0.25) is 9.69 Å². The number of amides is 1. The van der Waals surface area contributed by atoms with Crippen LogP contribution in [0.3, 0.4) is 0 Å². The smallest absolute Gasteiger partial charge is 0.253 e. The number of rotatable bonds is 6. The number of ether oxygens (including phenoxy) is 1. The number of hydrogen-bond donors (Lipinski definition) is 0. The average Bonchev–Trinajstić information content (AvgIpc) is 2.79. The Morgan fingerprint density at radius 1 is 0.903 bits per heavy atom. The molecule has 1 fully saturated rings. The van der Waals surface area contributed by atoms with E-state index in [4.69, 9.17) is 4.74 Å². The van der Waals surface area contributed by atoms with Crippen molar-refractivity contribution in [1.29, 1.82) is 0 Å². The second kappa shape index (κ2) is 10.1. The standard InChI is InChI=1S/C25H24BrFN2O2/c26-23-6-1-2-7-24(23)31-18-19-8-10-21(11-9-19)25(30)29-14-12-28(13-15-29)17-20-4-3-5-22(27)16-20/h1-11,16H,12-15,17-18H2. The molecule has 0 radical (unpaired) electrons. The molecule has 1 saturated heterocycles. The van der Waals surface area contributed by atoms with Crippen LogP contribution in [0.2, 0.25) is 0 Å². The molecule has 0 spiro atoms. The van der Waals surface area contributed by atoms with Crippen molar-refractivity contribution in [2.75, 3.05) is 26.2 Å². The van der Waals surface area contributed by atoms with E-state index in [0.29, 0.717) is 31.8 Å². The van der Waals surface area contributed by atoms with Crippen LogP contribution in [0.5, 0.6) is 5.75 Å². The average molecular weight is 483 g/mol. The van der Waals surface area contributed by atoms with Crippen molar-refractivity contribution in [3.63, 3.8) is 0 Å². The zero-order chi connectivity index (χ0) is 21.6. The molecule has 0 saturated carbocycles. The quantitative estimate of drug-likeness (QED) is 0.488.